The molecule has 2 rings (SSSR count). The van der Waals surface area contributed by atoms with Gasteiger partial charge in [0.1, 0.15) is 5.75 Å². The summed E-state index contributed by atoms with van der Waals surface area (Å²) in [6, 6.07) is 9.01. The average Bonchev–Trinajstić information content (AvgIpc) is 2.69. The number of benzene rings is 1. The predicted molar refractivity (Wildman–Crippen MR) is 75.1 cm³/mol. The topological polar surface area (TPSA) is 24.5 Å². The summed E-state index contributed by atoms with van der Waals surface area (Å²) < 4.78 is 5.33. The molecule has 0 bridgehead atoms. The Morgan fingerprint density at radius 1 is 1.33 bits per heavy atom. The number of methoxy groups -OCH3 is 1. The Morgan fingerprint density at radius 2 is 2.22 bits per heavy atom. The van der Waals surface area contributed by atoms with Crippen LogP contribution in [0.3, 0.4) is 0 Å². The van der Waals surface area contributed by atoms with E-state index in [1.165, 1.54) is 18.5 Å². The lowest BCUT2D eigenvalue weighted by atomic mass is 10.0. The minimum Gasteiger partial charge on any atom is -0.497 e. The van der Waals surface area contributed by atoms with E-state index < -0.39 is 0 Å². The number of hydrogen-bond donors (Lipinski definition) is 1. The van der Waals surface area contributed by atoms with Crippen molar-refractivity contribution in [3.63, 3.8) is 0 Å². The molecule has 0 aromatic heterocycles. The van der Waals surface area contributed by atoms with Crippen LogP contribution in [0.25, 0.3) is 0 Å². The Bertz CT molecular complexity index is 359. The predicted octanol–water partition coefficient (Wildman–Crippen LogP) is 2.44. The first kappa shape index (κ1) is 13.4. The molecule has 1 aromatic rings. The van der Waals surface area contributed by atoms with Crippen LogP contribution in [0, 0.1) is 0 Å². The van der Waals surface area contributed by atoms with Gasteiger partial charge in [-0.05, 0) is 37.1 Å². The molecule has 0 radical (unpaired) electrons. The molecule has 0 spiro atoms. The third kappa shape index (κ3) is 3.24. The summed E-state index contributed by atoms with van der Waals surface area (Å²) in [6.45, 7) is 6.83. The van der Waals surface area contributed by atoms with Gasteiger partial charge >= 0.3 is 0 Å². The molecule has 1 atom stereocenters. The largest absolute Gasteiger partial charge is 0.497 e. The van der Waals surface area contributed by atoms with Crippen LogP contribution < -0.4 is 10.1 Å². The first-order valence-corrected chi connectivity index (χ1v) is 6.94. The zero-order valence-electron chi connectivity index (χ0n) is 11.5. The SMILES string of the molecule is CCC(c1cccc(OC)c1)N1CCCNCC1. The average molecular weight is 248 g/mol. The van der Waals surface area contributed by atoms with Gasteiger partial charge in [-0.3, -0.25) is 4.90 Å². The second-order valence-corrected chi connectivity index (χ2v) is 4.84. The quantitative estimate of drug-likeness (QED) is 0.885. The summed E-state index contributed by atoms with van der Waals surface area (Å²) in [6.07, 6.45) is 2.38. The van der Waals surface area contributed by atoms with E-state index in [-0.39, 0.29) is 0 Å². The van der Waals surface area contributed by atoms with Crippen molar-refractivity contribution in [1.82, 2.24) is 10.2 Å². The fourth-order valence-corrected chi connectivity index (χ4v) is 2.73. The summed E-state index contributed by atoms with van der Waals surface area (Å²) in [4.78, 5) is 2.59. The van der Waals surface area contributed by atoms with Crippen molar-refractivity contribution in [3.05, 3.63) is 29.8 Å². The Hall–Kier alpha value is -1.06. The Kier molecular flexibility index (Phi) is 5.02. The highest BCUT2D eigenvalue weighted by molar-refractivity contribution is 5.30. The van der Waals surface area contributed by atoms with Gasteiger partial charge in [-0.2, -0.15) is 0 Å². The van der Waals surface area contributed by atoms with Crippen molar-refractivity contribution in [3.8, 4) is 5.75 Å². The second kappa shape index (κ2) is 6.76. The maximum absolute atomic E-state index is 5.33. The summed E-state index contributed by atoms with van der Waals surface area (Å²) >= 11 is 0. The van der Waals surface area contributed by atoms with Gasteiger partial charge in [-0.1, -0.05) is 19.1 Å². The van der Waals surface area contributed by atoms with E-state index in [2.05, 4.69) is 35.3 Å². The van der Waals surface area contributed by atoms with Crippen LogP contribution in [0.1, 0.15) is 31.4 Å². The van der Waals surface area contributed by atoms with Gasteiger partial charge in [0.25, 0.3) is 0 Å². The standard InChI is InChI=1S/C15H24N2O/c1-3-15(17-10-5-8-16-9-11-17)13-6-4-7-14(12-13)18-2/h4,6-7,12,15-16H,3,5,8-11H2,1-2H3. The summed E-state index contributed by atoms with van der Waals surface area (Å²) in [5.41, 5.74) is 1.37. The lowest BCUT2D eigenvalue weighted by Crippen LogP contribution is -2.32. The van der Waals surface area contributed by atoms with Crippen molar-refractivity contribution in [2.24, 2.45) is 0 Å². The van der Waals surface area contributed by atoms with E-state index in [0.717, 1.165) is 31.8 Å². The third-order valence-corrected chi connectivity index (χ3v) is 3.68. The molecule has 18 heavy (non-hydrogen) atoms. The van der Waals surface area contributed by atoms with E-state index in [0.29, 0.717) is 6.04 Å². The molecule has 1 N–H and O–H groups in total. The molecule has 3 nitrogen and oxygen atoms in total. The van der Waals surface area contributed by atoms with Gasteiger partial charge in [-0.25, -0.2) is 0 Å². The molecule has 1 heterocycles. The monoisotopic (exact) mass is 248 g/mol. The van der Waals surface area contributed by atoms with Gasteiger partial charge in [0, 0.05) is 25.7 Å². The maximum Gasteiger partial charge on any atom is 0.119 e. The third-order valence-electron chi connectivity index (χ3n) is 3.68. The van der Waals surface area contributed by atoms with E-state index in [9.17, 15) is 0 Å². The Labute approximate surface area is 110 Å². The van der Waals surface area contributed by atoms with Crippen LogP contribution in [0.15, 0.2) is 24.3 Å². The number of nitrogens with one attached hydrogen (secondary N) is 1. The van der Waals surface area contributed by atoms with Crippen LogP contribution in [-0.2, 0) is 0 Å². The molecule has 0 saturated carbocycles. The van der Waals surface area contributed by atoms with Crippen LogP contribution in [0.4, 0.5) is 0 Å². The van der Waals surface area contributed by atoms with Gasteiger partial charge in [0.15, 0.2) is 0 Å². The van der Waals surface area contributed by atoms with E-state index in [1.807, 2.05) is 6.07 Å². The van der Waals surface area contributed by atoms with Gasteiger partial charge in [-0.15, -0.1) is 0 Å². The molecule has 1 fully saturated rings. The highest BCUT2D eigenvalue weighted by Crippen LogP contribution is 2.27. The van der Waals surface area contributed by atoms with E-state index >= 15 is 0 Å². The van der Waals surface area contributed by atoms with Gasteiger partial charge in [0.2, 0.25) is 0 Å². The number of ether oxygens (including phenoxy) is 1. The van der Waals surface area contributed by atoms with Crippen molar-refractivity contribution in [1.29, 1.82) is 0 Å². The second-order valence-electron chi connectivity index (χ2n) is 4.84. The van der Waals surface area contributed by atoms with Crippen LogP contribution in [0.2, 0.25) is 0 Å². The molecule has 1 aliphatic rings. The summed E-state index contributed by atoms with van der Waals surface area (Å²) in [5, 5.41) is 3.46. The highest BCUT2D eigenvalue weighted by atomic mass is 16.5. The lowest BCUT2D eigenvalue weighted by Gasteiger charge is -2.30. The number of rotatable bonds is 4. The zero-order valence-corrected chi connectivity index (χ0v) is 11.5. The maximum atomic E-state index is 5.33. The molecule has 0 amide bonds. The van der Waals surface area contributed by atoms with Crippen molar-refractivity contribution in [2.45, 2.75) is 25.8 Å². The fraction of sp³-hybridized carbons (Fsp3) is 0.600. The van der Waals surface area contributed by atoms with Crippen LogP contribution in [-0.4, -0.2) is 38.2 Å². The van der Waals surface area contributed by atoms with Crippen LogP contribution >= 0.6 is 0 Å². The fourth-order valence-electron chi connectivity index (χ4n) is 2.73. The van der Waals surface area contributed by atoms with Gasteiger partial charge < -0.3 is 10.1 Å². The van der Waals surface area contributed by atoms with Gasteiger partial charge in [0.05, 0.1) is 7.11 Å². The van der Waals surface area contributed by atoms with Crippen LogP contribution in [0.5, 0.6) is 5.75 Å². The molecule has 1 aliphatic heterocycles. The molecule has 100 valence electrons. The molecule has 1 saturated heterocycles. The normalized spacial score (nSPS) is 19.2. The first-order valence-electron chi connectivity index (χ1n) is 6.94. The smallest absolute Gasteiger partial charge is 0.119 e. The minimum atomic E-state index is 0.514. The Balaban J connectivity index is 2.15. The minimum absolute atomic E-state index is 0.514. The molecule has 1 aromatic carbocycles. The number of nitrogens with zero attached hydrogens (tertiary/aromatic N) is 1. The highest BCUT2D eigenvalue weighted by Gasteiger charge is 2.19. The van der Waals surface area contributed by atoms with Crippen molar-refractivity contribution in [2.75, 3.05) is 33.3 Å². The molecule has 1 unspecified atom stereocenters. The molecular formula is C15H24N2O. The van der Waals surface area contributed by atoms with E-state index in [4.69, 9.17) is 4.74 Å². The molecular weight excluding hydrogens is 224 g/mol. The van der Waals surface area contributed by atoms with E-state index in [1.54, 1.807) is 7.11 Å². The summed E-state index contributed by atoms with van der Waals surface area (Å²) in [7, 11) is 1.73. The zero-order chi connectivity index (χ0) is 12.8. The molecule has 3 heteroatoms. The van der Waals surface area contributed by atoms with Crippen molar-refractivity contribution < 1.29 is 4.74 Å². The number of hydrogen-bond acceptors (Lipinski definition) is 3. The molecule has 0 aliphatic carbocycles. The Morgan fingerprint density at radius 3 is 3.00 bits per heavy atom. The lowest BCUT2D eigenvalue weighted by molar-refractivity contribution is 0.205. The summed E-state index contributed by atoms with van der Waals surface area (Å²) in [5.74, 6) is 0.957. The first-order chi connectivity index (χ1) is 8.85. The van der Waals surface area contributed by atoms with Crippen molar-refractivity contribution >= 4 is 0 Å².